The van der Waals surface area contributed by atoms with Gasteiger partial charge in [0.15, 0.2) is 0 Å². The molecule has 1 rings (SSSR count). The highest BCUT2D eigenvalue weighted by molar-refractivity contribution is 6.63. The van der Waals surface area contributed by atoms with Crippen molar-refractivity contribution in [1.29, 1.82) is 0 Å². The number of rotatable bonds is 9. The van der Waals surface area contributed by atoms with E-state index in [1.54, 1.807) is 12.1 Å². The molecular weight excluding hydrogens is 268 g/mol. The highest BCUT2D eigenvalue weighted by atomic mass is 35.5. The number of ether oxygens (including phenoxy) is 1. The Labute approximate surface area is 117 Å². The summed E-state index contributed by atoms with van der Waals surface area (Å²) in [7, 11) is 0. The van der Waals surface area contributed by atoms with Crippen LogP contribution in [0.5, 0.6) is 0 Å². The van der Waals surface area contributed by atoms with E-state index >= 15 is 0 Å². The van der Waals surface area contributed by atoms with Crippen LogP contribution in [0.4, 0.5) is 0 Å². The molecule has 0 unspecified atom stereocenters. The molecule has 1 aromatic carbocycles. The van der Waals surface area contributed by atoms with Crippen LogP contribution in [-0.4, -0.2) is 29.5 Å². The molecule has 0 fully saturated rings. The van der Waals surface area contributed by atoms with E-state index in [9.17, 15) is 9.59 Å². The zero-order chi connectivity index (χ0) is 14.1. The first kappa shape index (κ1) is 15.7. The molecule has 1 aromatic rings. The summed E-state index contributed by atoms with van der Waals surface area (Å²) in [6.07, 6.45) is 3.38. The van der Waals surface area contributed by atoms with Crippen LogP contribution < -0.4 is 0 Å². The van der Waals surface area contributed by atoms with Crippen LogP contribution in [0.15, 0.2) is 24.3 Å². The van der Waals surface area contributed by atoms with Gasteiger partial charge in [-0.2, -0.15) is 0 Å². The van der Waals surface area contributed by atoms with E-state index in [4.69, 9.17) is 21.4 Å². The molecule has 0 bridgehead atoms. The minimum atomic E-state index is -0.889. The third-order valence-electron chi connectivity index (χ3n) is 2.70. The molecule has 0 aliphatic carbocycles. The number of carbonyl (C=O) groups excluding carboxylic acids is 1. The van der Waals surface area contributed by atoms with Crippen LogP contribution >= 0.6 is 11.6 Å². The molecule has 0 aliphatic heterocycles. The lowest BCUT2D eigenvalue weighted by atomic mass is 10.0. The van der Waals surface area contributed by atoms with Gasteiger partial charge >= 0.3 is 5.97 Å². The van der Waals surface area contributed by atoms with Gasteiger partial charge in [0.1, 0.15) is 6.61 Å². The number of carbonyl (C=O) groups is 2. The molecule has 0 saturated carbocycles. The fourth-order valence-electron chi connectivity index (χ4n) is 1.80. The molecule has 0 heterocycles. The largest absolute Gasteiger partial charge is 0.478 e. The highest BCUT2D eigenvalue weighted by Gasteiger charge is 2.07. The number of hydrogen-bond donors (Lipinski definition) is 1. The number of carboxylic acids is 1. The van der Waals surface area contributed by atoms with Crippen molar-refractivity contribution >= 4 is 22.8 Å². The second-order valence-electron chi connectivity index (χ2n) is 4.18. The molecule has 4 nitrogen and oxygen atoms in total. The monoisotopic (exact) mass is 284 g/mol. The van der Waals surface area contributed by atoms with E-state index in [2.05, 4.69) is 0 Å². The number of carboxylic acid groups (broad SMARTS) is 1. The second kappa shape index (κ2) is 8.67. The van der Waals surface area contributed by atoms with E-state index in [-0.39, 0.29) is 6.61 Å². The molecule has 0 amide bonds. The molecule has 0 saturated heterocycles. The van der Waals surface area contributed by atoms with Crippen LogP contribution in [0, 0.1) is 0 Å². The maximum absolute atomic E-state index is 11.0. The van der Waals surface area contributed by atoms with Crippen molar-refractivity contribution in [2.45, 2.75) is 25.7 Å². The topological polar surface area (TPSA) is 63.6 Å². The number of aromatic carboxylic acids is 1. The lowest BCUT2D eigenvalue weighted by molar-refractivity contribution is -0.115. The van der Waals surface area contributed by atoms with Crippen LogP contribution in [0.1, 0.15) is 35.2 Å². The third-order valence-corrected chi connectivity index (χ3v) is 2.81. The lowest BCUT2D eigenvalue weighted by Crippen LogP contribution is -2.04. The molecule has 1 N–H and O–H groups in total. The normalized spacial score (nSPS) is 10.4. The highest BCUT2D eigenvalue weighted by Crippen LogP contribution is 2.12. The number of benzene rings is 1. The van der Waals surface area contributed by atoms with Gasteiger partial charge in [-0.05, 0) is 42.5 Å². The van der Waals surface area contributed by atoms with Gasteiger partial charge in [0, 0.05) is 6.61 Å². The summed E-state index contributed by atoms with van der Waals surface area (Å²) in [4.78, 5) is 21.4. The fraction of sp³-hybridized carbons (Fsp3) is 0.429. The predicted octanol–water partition coefficient (Wildman–Crippen LogP) is 2.88. The lowest BCUT2D eigenvalue weighted by Gasteiger charge is -2.05. The molecule has 0 spiro atoms. The van der Waals surface area contributed by atoms with Crippen molar-refractivity contribution in [3.05, 3.63) is 35.4 Å². The molecular formula is C14H17ClO4. The summed E-state index contributed by atoms with van der Waals surface area (Å²) in [6.45, 7) is 0.447. The zero-order valence-corrected chi connectivity index (χ0v) is 11.4. The molecule has 0 aromatic heterocycles. The van der Waals surface area contributed by atoms with Crippen molar-refractivity contribution in [3.8, 4) is 0 Å². The molecule has 0 atom stereocenters. The van der Waals surface area contributed by atoms with E-state index in [0.29, 0.717) is 12.2 Å². The first-order valence-corrected chi connectivity index (χ1v) is 6.56. The summed E-state index contributed by atoms with van der Waals surface area (Å²) < 4.78 is 5.03. The van der Waals surface area contributed by atoms with E-state index in [0.717, 1.165) is 31.2 Å². The summed E-state index contributed by atoms with van der Waals surface area (Å²) in [5.41, 5.74) is 1.22. The Balaban J connectivity index is 2.23. The predicted molar refractivity (Wildman–Crippen MR) is 72.6 cm³/mol. The van der Waals surface area contributed by atoms with Crippen molar-refractivity contribution in [3.63, 3.8) is 0 Å². The van der Waals surface area contributed by atoms with Gasteiger partial charge in [0.25, 0.3) is 0 Å². The number of aryl methyl sites for hydroxylation is 1. The number of halogens is 1. The third kappa shape index (κ3) is 6.36. The van der Waals surface area contributed by atoms with Gasteiger partial charge < -0.3 is 9.84 Å². The smallest absolute Gasteiger partial charge is 0.335 e. The standard InChI is InChI=1S/C14H17ClO4/c15-13(16)10-19-9-5-1-2-6-11-7-3-4-8-12(11)14(17)18/h3-4,7-8H,1-2,5-6,9-10H2,(H,17,18). The average Bonchev–Trinajstić information content (AvgIpc) is 2.37. The first-order chi connectivity index (χ1) is 9.11. The van der Waals surface area contributed by atoms with Gasteiger partial charge in [-0.3, -0.25) is 4.79 Å². The van der Waals surface area contributed by atoms with Crippen LogP contribution in [0.25, 0.3) is 0 Å². The van der Waals surface area contributed by atoms with Gasteiger partial charge in [-0.15, -0.1) is 0 Å². The minimum absolute atomic E-state index is 0.0522. The molecule has 0 radical (unpaired) electrons. The van der Waals surface area contributed by atoms with Crippen LogP contribution in [0.3, 0.4) is 0 Å². The Hall–Kier alpha value is -1.39. The van der Waals surface area contributed by atoms with Gasteiger partial charge in [0.2, 0.25) is 5.24 Å². The summed E-state index contributed by atoms with van der Waals surface area (Å²) in [5.74, 6) is -0.889. The second-order valence-corrected chi connectivity index (χ2v) is 4.60. The van der Waals surface area contributed by atoms with Gasteiger partial charge in [-0.1, -0.05) is 24.6 Å². The maximum Gasteiger partial charge on any atom is 0.335 e. The first-order valence-electron chi connectivity index (χ1n) is 6.18. The fourth-order valence-corrected chi connectivity index (χ4v) is 1.87. The van der Waals surface area contributed by atoms with Crippen LogP contribution in [0.2, 0.25) is 0 Å². The molecule has 19 heavy (non-hydrogen) atoms. The Morgan fingerprint density at radius 1 is 1.16 bits per heavy atom. The SMILES string of the molecule is O=C(Cl)COCCCCCc1ccccc1C(=O)O. The summed E-state index contributed by atoms with van der Waals surface area (Å²) in [6, 6.07) is 7.03. The Morgan fingerprint density at radius 2 is 1.89 bits per heavy atom. The van der Waals surface area contributed by atoms with Crippen molar-refractivity contribution in [2.24, 2.45) is 0 Å². The summed E-state index contributed by atoms with van der Waals surface area (Å²) in [5, 5.41) is 8.54. The minimum Gasteiger partial charge on any atom is -0.478 e. The van der Waals surface area contributed by atoms with E-state index in [1.807, 2.05) is 12.1 Å². The average molecular weight is 285 g/mol. The number of hydrogen-bond acceptors (Lipinski definition) is 3. The van der Waals surface area contributed by atoms with Crippen molar-refractivity contribution in [2.75, 3.05) is 13.2 Å². The van der Waals surface area contributed by atoms with Crippen molar-refractivity contribution in [1.82, 2.24) is 0 Å². The van der Waals surface area contributed by atoms with Crippen molar-refractivity contribution < 1.29 is 19.4 Å². The molecule has 5 heteroatoms. The molecule has 104 valence electrons. The van der Waals surface area contributed by atoms with Gasteiger partial charge in [-0.25, -0.2) is 4.79 Å². The Morgan fingerprint density at radius 3 is 2.58 bits per heavy atom. The van der Waals surface area contributed by atoms with Gasteiger partial charge in [0.05, 0.1) is 5.56 Å². The number of unbranched alkanes of at least 4 members (excludes halogenated alkanes) is 2. The summed E-state index contributed by atoms with van der Waals surface area (Å²) >= 11 is 5.13. The zero-order valence-electron chi connectivity index (χ0n) is 10.6. The Kier molecular flexibility index (Phi) is 7.15. The quantitative estimate of drug-likeness (QED) is 0.559. The van der Waals surface area contributed by atoms with Crippen LogP contribution in [-0.2, 0) is 16.0 Å². The van der Waals surface area contributed by atoms with E-state index < -0.39 is 11.2 Å². The maximum atomic E-state index is 11.0. The molecule has 0 aliphatic rings. The Bertz CT molecular complexity index is 431. The van der Waals surface area contributed by atoms with E-state index in [1.165, 1.54) is 0 Å².